The first kappa shape index (κ1) is 11.2. The van der Waals surface area contributed by atoms with Gasteiger partial charge in [0.1, 0.15) is 5.75 Å². The fraction of sp³-hybridized carbons (Fsp3) is 0.167. The Kier molecular flexibility index (Phi) is 2.73. The molecule has 0 atom stereocenters. The minimum Gasteiger partial charge on any atom is -0.424 e. The number of aromatic nitrogens is 2. The van der Waals surface area contributed by atoms with Crippen LogP contribution in [0.3, 0.4) is 0 Å². The molecule has 0 unspecified atom stereocenters. The summed E-state index contributed by atoms with van der Waals surface area (Å²) < 4.78 is 10.7. The lowest BCUT2D eigenvalue weighted by Crippen LogP contribution is -2.27. The molecule has 0 amide bonds. The number of fused-ring (bicyclic) bond motifs is 1. The molecule has 1 aliphatic rings. The number of rotatable bonds is 2. The minimum absolute atomic E-state index is 0.295. The Morgan fingerprint density at radius 1 is 1.39 bits per heavy atom. The summed E-state index contributed by atoms with van der Waals surface area (Å²) in [5.41, 5.74) is 2.55. The van der Waals surface area contributed by atoms with Crippen LogP contribution in [0.2, 0.25) is 0 Å². The standard InChI is InChI=1S/C12H11BN2O3/c1-8-4-5-14-12(15-8)18-10-3-2-9-7-17-13(16)11(9)6-10/h2-6,16H,7H2,1H3. The number of hydrogen-bond acceptors (Lipinski definition) is 5. The summed E-state index contributed by atoms with van der Waals surface area (Å²) in [5, 5.41) is 9.61. The van der Waals surface area contributed by atoms with E-state index in [0.717, 1.165) is 16.7 Å². The molecule has 0 saturated carbocycles. The summed E-state index contributed by atoms with van der Waals surface area (Å²) in [6, 6.07) is 7.53. The van der Waals surface area contributed by atoms with Crippen LogP contribution in [0, 0.1) is 6.92 Å². The fourth-order valence-electron chi connectivity index (χ4n) is 1.84. The molecule has 1 aliphatic heterocycles. The molecule has 2 heterocycles. The molecule has 0 spiro atoms. The molecule has 1 aromatic carbocycles. The lowest BCUT2D eigenvalue weighted by Gasteiger charge is -2.06. The predicted octanol–water partition coefficient (Wildman–Crippen LogP) is 0.795. The molecule has 0 fully saturated rings. The highest BCUT2D eigenvalue weighted by molar-refractivity contribution is 6.61. The largest absolute Gasteiger partial charge is 0.491 e. The third-order valence-corrected chi connectivity index (χ3v) is 2.76. The van der Waals surface area contributed by atoms with Crippen molar-refractivity contribution in [3.05, 3.63) is 41.7 Å². The fourth-order valence-corrected chi connectivity index (χ4v) is 1.84. The van der Waals surface area contributed by atoms with Gasteiger partial charge in [-0.05, 0) is 36.1 Å². The maximum Gasteiger partial charge on any atom is 0.491 e. The third-order valence-electron chi connectivity index (χ3n) is 2.76. The number of hydrogen-bond donors (Lipinski definition) is 1. The van der Waals surface area contributed by atoms with Gasteiger partial charge in [-0.25, -0.2) is 9.97 Å². The molecule has 0 saturated heterocycles. The van der Waals surface area contributed by atoms with Crippen LogP contribution in [-0.2, 0) is 11.3 Å². The van der Waals surface area contributed by atoms with Crippen molar-refractivity contribution in [2.45, 2.75) is 13.5 Å². The van der Waals surface area contributed by atoms with Gasteiger partial charge in [0.2, 0.25) is 0 Å². The molecule has 3 rings (SSSR count). The number of aryl methyl sites for hydroxylation is 1. The molecule has 0 bridgehead atoms. The lowest BCUT2D eigenvalue weighted by molar-refractivity contribution is 0.275. The van der Waals surface area contributed by atoms with Crippen LogP contribution in [-0.4, -0.2) is 22.1 Å². The van der Waals surface area contributed by atoms with E-state index in [0.29, 0.717) is 18.4 Å². The van der Waals surface area contributed by atoms with Crippen molar-refractivity contribution < 1.29 is 14.4 Å². The van der Waals surface area contributed by atoms with E-state index in [-0.39, 0.29) is 0 Å². The summed E-state index contributed by atoms with van der Waals surface area (Å²) in [6.45, 7) is 2.30. The molecular formula is C12H11BN2O3. The second-order valence-electron chi connectivity index (χ2n) is 4.11. The van der Waals surface area contributed by atoms with E-state index < -0.39 is 7.12 Å². The SMILES string of the molecule is Cc1ccnc(Oc2ccc3c(c2)B(O)OC3)n1. The Balaban J connectivity index is 1.88. The smallest absolute Gasteiger partial charge is 0.424 e. The number of nitrogens with zero attached hydrogens (tertiary/aromatic N) is 2. The van der Waals surface area contributed by atoms with Crippen molar-refractivity contribution in [1.82, 2.24) is 9.97 Å². The van der Waals surface area contributed by atoms with Crippen molar-refractivity contribution >= 4 is 12.6 Å². The Labute approximate surface area is 105 Å². The molecule has 0 radical (unpaired) electrons. The third kappa shape index (κ3) is 2.08. The highest BCUT2D eigenvalue weighted by Gasteiger charge is 2.27. The van der Waals surface area contributed by atoms with E-state index >= 15 is 0 Å². The first-order valence-corrected chi connectivity index (χ1v) is 5.62. The van der Waals surface area contributed by atoms with Gasteiger partial charge in [0, 0.05) is 11.9 Å². The van der Waals surface area contributed by atoms with Gasteiger partial charge < -0.3 is 14.4 Å². The second kappa shape index (κ2) is 4.40. The Morgan fingerprint density at radius 2 is 2.28 bits per heavy atom. The summed E-state index contributed by atoms with van der Waals surface area (Å²) in [5.74, 6) is 0.587. The van der Waals surface area contributed by atoms with Crippen LogP contribution < -0.4 is 10.2 Å². The summed E-state index contributed by atoms with van der Waals surface area (Å²) in [4.78, 5) is 8.17. The van der Waals surface area contributed by atoms with Gasteiger partial charge in [0.25, 0.3) is 0 Å². The summed E-state index contributed by atoms with van der Waals surface area (Å²) in [7, 11) is -0.873. The molecular weight excluding hydrogens is 231 g/mol. The van der Waals surface area contributed by atoms with Crippen LogP contribution in [0.1, 0.15) is 11.3 Å². The predicted molar refractivity (Wildman–Crippen MR) is 65.7 cm³/mol. The van der Waals surface area contributed by atoms with Crippen molar-refractivity contribution in [2.75, 3.05) is 0 Å². The van der Waals surface area contributed by atoms with Gasteiger partial charge in [-0.15, -0.1) is 0 Å². The molecule has 1 N–H and O–H groups in total. The minimum atomic E-state index is -0.873. The Bertz CT molecular complexity index is 591. The van der Waals surface area contributed by atoms with E-state index in [4.69, 9.17) is 9.39 Å². The van der Waals surface area contributed by atoms with Crippen LogP contribution >= 0.6 is 0 Å². The topological polar surface area (TPSA) is 64.5 Å². The van der Waals surface area contributed by atoms with E-state index in [1.165, 1.54) is 0 Å². The van der Waals surface area contributed by atoms with Crippen molar-refractivity contribution in [2.24, 2.45) is 0 Å². The Hall–Kier alpha value is -1.92. The average molecular weight is 242 g/mol. The molecule has 6 heteroatoms. The van der Waals surface area contributed by atoms with Gasteiger partial charge in [0.05, 0.1) is 6.61 Å². The first-order valence-electron chi connectivity index (χ1n) is 5.62. The number of ether oxygens (including phenoxy) is 1. The van der Waals surface area contributed by atoms with Crippen LogP contribution in [0.5, 0.6) is 11.8 Å². The molecule has 2 aromatic rings. The highest BCUT2D eigenvalue weighted by atomic mass is 16.5. The van der Waals surface area contributed by atoms with E-state index in [1.807, 2.05) is 19.1 Å². The second-order valence-corrected chi connectivity index (χ2v) is 4.11. The lowest BCUT2D eigenvalue weighted by atomic mass is 9.79. The monoisotopic (exact) mass is 242 g/mol. The van der Waals surface area contributed by atoms with Gasteiger partial charge in [-0.1, -0.05) is 6.07 Å². The van der Waals surface area contributed by atoms with Crippen LogP contribution in [0.25, 0.3) is 0 Å². The summed E-state index contributed by atoms with van der Waals surface area (Å²) in [6.07, 6.45) is 1.64. The summed E-state index contributed by atoms with van der Waals surface area (Å²) >= 11 is 0. The first-order chi connectivity index (χ1) is 8.72. The Morgan fingerprint density at radius 3 is 3.11 bits per heavy atom. The zero-order valence-corrected chi connectivity index (χ0v) is 9.83. The van der Waals surface area contributed by atoms with Gasteiger partial charge >= 0.3 is 13.1 Å². The van der Waals surface area contributed by atoms with Crippen molar-refractivity contribution in [1.29, 1.82) is 0 Å². The van der Waals surface area contributed by atoms with Crippen molar-refractivity contribution in [3.63, 3.8) is 0 Å². The number of benzene rings is 1. The van der Waals surface area contributed by atoms with Crippen LogP contribution in [0.4, 0.5) is 0 Å². The van der Waals surface area contributed by atoms with Gasteiger partial charge in [-0.2, -0.15) is 0 Å². The quantitative estimate of drug-likeness (QED) is 0.789. The molecule has 1 aromatic heterocycles. The van der Waals surface area contributed by atoms with Gasteiger partial charge in [-0.3, -0.25) is 0 Å². The maximum atomic E-state index is 9.61. The normalized spacial score (nSPS) is 13.6. The zero-order valence-electron chi connectivity index (χ0n) is 9.83. The molecule has 18 heavy (non-hydrogen) atoms. The highest BCUT2D eigenvalue weighted by Crippen LogP contribution is 2.20. The van der Waals surface area contributed by atoms with E-state index in [2.05, 4.69) is 9.97 Å². The molecule has 0 aliphatic carbocycles. The van der Waals surface area contributed by atoms with Crippen molar-refractivity contribution in [3.8, 4) is 11.8 Å². The van der Waals surface area contributed by atoms with Crippen LogP contribution in [0.15, 0.2) is 30.5 Å². The maximum absolute atomic E-state index is 9.61. The zero-order chi connectivity index (χ0) is 12.5. The average Bonchev–Trinajstić information content (AvgIpc) is 2.71. The molecule has 5 nitrogen and oxygen atoms in total. The van der Waals surface area contributed by atoms with E-state index in [1.54, 1.807) is 18.3 Å². The molecule has 90 valence electrons. The van der Waals surface area contributed by atoms with Gasteiger partial charge in [0.15, 0.2) is 0 Å². The van der Waals surface area contributed by atoms with E-state index in [9.17, 15) is 5.02 Å².